The van der Waals surface area contributed by atoms with Crippen molar-refractivity contribution in [2.75, 3.05) is 6.54 Å². The van der Waals surface area contributed by atoms with E-state index in [-0.39, 0.29) is 6.54 Å². The molecule has 0 bridgehead atoms. The van der Waals surface area contributed by atoms with Crippen LogP contribution in [0.3, 0.4) is 0 Å². The van der Waals surface area contributed by atoms with Crippen LogP contribution in [0.25, 0.3) is 11.0 Å². The molecule has 1 aromatic carbocycles. The predicted molar refractivity (Wildman–Crippen MR) is 54.8 cm³/mol. The van der Waals surface area contributed by atoms with Gasteiger partial charge in [-0.2, -0.15) is 0 Å². The fraction of sp³-hybridized carbons (Fsp3) is 0.300. The van der Waals surface area contributed by atoms with Crippen molar-refractivity contribution in [3.63, 3.8) is 0 Å². The molecule has 0 saturated heterocycles. The summed E-state index contributed by atoms with van der Waals surface area (Å²) in [5, 5.41) is 9.42. The first-order chi connectivity index (χ1) is 6.81. The number of hydrogen-bond donors (Lipinski definition) is 2. The molecule has 0 amide bonds. The molecule has 14 heavy (non-hydrogen) atoms. The third-order valence-corrected chi connectivity index (χ3v) is 2.21. The second-order valence-electron chi connectivity index (χ2n) is 3.28. The van der Waals surface area contributed by atoms with Gasteiger partial charge in [-0.3, -0.25) is 0 Å². The normalized spacial score (nSPS) is 13.3. The summed E-state index contributed by atoms with van der Waals surface area (Å²) in [5.74, 6) is 0. The summed E-state index contributed by atoms with van der Waals surface area (Å²) in [6.07, 6.45) is 1.22. The van der Waals surface area contributed by atoms with Gasteiger partial charge >= 0.3 is 0 Å². The Morgan fingerprint density at radius 2 is 2.21 bits per heavy atom. The Morgan fingerprint density at radius 1 is 1.43 bits per heavy atom. The average Bonchev–Trinajstić information content (AvgIpc) is 2.62. The van der Waals surface area contributed by atoms with Gasteiger partial charge in [0.25, 0.3) is 0 Å². The summed E-state index contributed by atoms with van der Waals surface area (Å²) < 4.78 is 1.91. The number of hydrogen-bond acceptors (Lipinski definition) is 3. The molecule has 0 spiro atoms. The number of aliphatic hydroxyl groups is 1. The zero-order valence-electron chi connectivity index (χ0n) is 7.80. The topological polar surface area (TPSA) is 64.1 Å². The molecule has 0 radical (unpaired) electrons. The number of aliphatic hydroxyl groups excluding tert-OH is 1. The van der Waals surface area contributed by atoms with Gasteiger partial charge in [-0.15, -0.1) is 0 Å². The summed E-state index contributed by atoms with van der Waals surface area (Å²) in [4.78, 5) is 4.22. The highest BCUT2D eigenvalue weighted by molar-refractivity contribution is 5.74. The Labute approximate surface area is 82.0 Å². The lowest BCUT2D eigenvalue weighted by Crippen LogP contribution is -2.24. The molecule has 0 aliphatic rings. The van der Waals surface area contributed by atoms with Gasteiger partial charge < -0.3 is 15.4 Å². The van der Waals surface area contributed by atoms with Crippen molar-refractivity contribution >= 4 is 11.0 Å². The van der Waals surface area contributed by atoms with E-state index < -0.39 is 6.10 Å². The molecular formula is C10H13N3O. The van der Waals surface area contributed by atoms with Crippen LogP contribution >= 0.6 is 0 Å². The standard InChI is InChI=1S/C10H13N3O/c11-5-8(14)6-13-7-12-9-3-1-2-4-10(9)13/h1-4,7-8,14H,5-6,11H2/t8-/m1/s1. The van der Waals surface area contributed by atoms with Crippen LogP contribution in [-0.4, -0.2) is 27.3 Å². The lowest BCUT2D eigenvalue weighted by atomic mass is 10.3. The molecule has 1 aromatic heterocycles. The summed E-state index contributed by atoms with van der Waals surface area (Å²) in [7, 11) is 0. The summed E-state index contributed by atoms with van der Waals surface area (Å²) in [5.41, 5.74) is 7.32. The Kier molecular flexibility index (Phi) is 2.47. The largest absolute Gasteiger partial charge is 0.390 e. The van der Waals surface area contributed by atoms with E-state index in [9.17, 15) is 5.11 Å². The summed E-state index contributed by atoms with van der Waals surface area (Å²) >= 11 is 0. The maximum absolute atomic E-state index is 9.42. The number of rotatable bonds is 3. The third kappa shape index (κ3) is 1.62. The number of benzene rings is 1. The van der Waals surface area contributed by atoms with Crippen molar-refractivity contribution < 1.29 is 5.11 Å². The van der Waals surface area contributed by atoms with E-state index in [0.29, 0.717) is 6.54 Å². The lowest BCUT2D eigenvalue weighted by Gasteiger charge is -2.08. The van der Waals surface area contributed by atoms with Crippen LogP contribution in [0.1, 0.15) is 0 Å². The zero-order chi connectivity index (χ0) is 9.97. The molecule has 0 aliphatic carbocycles. The Balaban J connectivity index is 2.33. The van der Waals surface area contributed by atoms with Crippen LogP contribution in [0.15, 0.2) is 30.6 Å². The number of nitrogens with two attached hydrogens (primary N) is 1. The molecule has 4 heteroatoms. The SMILES string of the molecule is NC[C@@H](O)Cn1cnc2ccccc21. The zero-order valence-corrected chi connectivity index (χ0v) is 7.80. The average molecular weight is 191 g/mol. The molecule has 2 aromatic rings. The lowest BCUT2D eigenvalue weighted by molar-refractivity contribution is 0.163. The molecule has 0 fully saturated rings. The minimum absolute atomic E-state index is 0.270. The third-order valence-electron chi connectivity index (χ3n) is 2.21. The van der Waals surface area contributed by atoms with Gasteiger partial charge in [0.05, 0.1) is 30.0 Å². The van der Waals surface area contributed by atoms with Gasteiger partial charge in [0.15, 0.2) is 0 Å². The van der Waals surface area contributed by atoms with E-state index in [1.54, 1.807) is 6.33 Å². The fourth-order valence-corrected chi connectivity index (χ4v) is 1.46. The van der Waals surface area contributed by atoms with Crippen molar-refractivity contribution in [2.24, 2.45) is 5.73 Å². The van der Waals surface area contributed by atoms with Crippen molar-refractivity contribution in [2.45, 2.75) is 12.6 Å². The van der Waals surface area contributed by atoms with Crippen LogP contribution in [0.2, 0.25) is 0 Å². The minimum Gasteiger partial charge on any atom is -0.390 e. The first-order valence-corrected chi connectivity index (χ1v) is 4.59. The number of imidazole rings is 1. The molecule has 1 heterocycles. The quantitative estimate of drug-likeness (QED) is 0.736. The van der Waals surface area contributed by atoms with Gasteiger partial charge in [0.1, 0.15) is 0 Å². The van der Waals surface area contributed by atoms with E-state index in [4.69, 9.17) is 5.73 Å². The van der Waals surface area contributed by atoms with E-state index in [2.05, 4.69) is 4.98 Å². The molecule has 2 rings (SSSR count). The molecule has 1 atom stereocenters. The summed E-state index contributed by atoms with van der Waals surface area (Å²) in [6, 6.07) is 7.82. The van der Waals surface area contributed by atoms with E-state index in [1.165, 1.54) is 0 Å². The Hall–Kier alpha value is -1.39. The molecule has 4 nitrogen and oxygen atoms in total. The van der Waals surface area contributed by atoms with Crippen LogP contribution in [-0.2, 0) is 6.54 Å². The first-order valence-electron chi connectivity index (χ1n) is 4.59. The molecule has 74 valence electrons. The molecule has 0 saturated carbocycles. The highest BCUT2D eigenvalue weighted by Gasteiger charge is 2.05. The van der Waals surface area contributed by atoms with Crippen LogP contribution in [0.5, 0.6) is 0 Å². The minimum atomic E-state index is -0.507. The van der Waals surface area contributed by atoms with Crippen molar-refractivity contribution in [1.82, 2.24) is 9.55 Å². The number of aromatic nitrogens is 2. The number of nitrogens with zero attached hydrogens (tertiary/aromatic N) is 2. The second-order valence-corrected chi connectivity index (χ2v) is 3.28. The Bertz CT molecular complexity index is 424. The maximum Gasteiger partial charge on any atom is 0.0959 e. The van der Waals surface area contributed by atoms with Crippen LogP contribution < -0.4 is 5.73 Å². The highest BCUT2D eigenvalue weighted by atomic mass is 16.3. The van der Waals surface area contributed by atoms with Crippen molar-refractivity contribution in [3.05, 3.63) is 30.6 Å². The number of fused-ring (bicyclic) bond motifs is 1. The molecular weight excluding hydrogens is 178 g/mol. The molecule has 0 unspecified atom stereocenters. The Morgan fingerprint density at radius 3 is 3.00 bits per heavy atom. The van der Waals surface area contributed by atoms with Crippen molar-refractivity contribution in [1.29, 1.82) is 0 Å². The summed E-state index contributed by atoms with van der Waals surface area (Å²) in [6.45, 7) is 0.767. The molecule has 3 N–H and O–H groups in total. The second kappa shape index (κ2) is 3.77. The van der Waals surface area contributed by atoms with E-state index in [0.717, 1.165) is 11.0 Å². The van der Waals surface area contributed by atoms with Crippen LogP contribution in [0.4, 0.5) is 0 Å². The smallest absolute Gasteiger partial charge is 0.0959 e. The highest BCUT2D eigenvalue weighted by Crippen LogP contribution is 2.11. The van der Waals surface area contributed by atoms with Gasteiger partial charge in [-0.1, -0.05) is 12.1 Å². The van der Waals surface area contributed by atoms with Gasteiger partial charge in [-0.25, -0.2) is 4.98 Å². The van der Waals surface area contributed by atoms with E-state index in [1.807, 2.05) is 28.8 Å². The van der Waals surface area contributed by atoms with E-state index >= 15 is 0 Å². The van der Waals surface area contributed by atoms with Gasteiger partial charge in [-0.05, 0) is 12.1 Å². The van der Waals surface area contributed by atoms with Crippen LogP contribution in [0, 0.1) is 0 Å². The first kappa shape index (κ1) is 9.18. The fourth-order valence-electron chi connectivity index (χ4n) is 1.46. The number of para-hydroxylation sites is 2. The van der Waals surface area contributed by atoms with Crippen molar-refractivity contribution in [3.8, 4) is 0 Å². The monoisotopic (exact) mass is 191 g/mol. The van der Waals surface area contributed by atoms with Gasteiger partial charge in [0, 0.05) is 6.54 Å². The maximum atomic E-state index is 9.42. The van der Waals surface area contributed by atoms with Gasteiger partial charge in [0.2, 0.25) is 0 Å². The predicted octanol–water partition coefficient (Wildman–Crippen LogP) is 0.356. The molecule has 0 aliphatic heterocycles.